The maximum absolute atomic E-state index is 3.59. The third-order valence-electron chi connectivity index (χ3n) is 14.7. The standard InChI is InChI=1S/C69H47N/c1-6-22-48(23-7-1)52-40-44-57(49-24-8-2-9-25-49)64(46-52)50-38-41-55(42-39-50)70(68-63-36-19-17-33-59(63)58-32-16-18-35-62(58)67(68)51-26-10-3-11-27-51)56-43-45-61-60-34-20-21-37-65(60)69(66(61)47-56,53-28-12-4-13-29-53)54-30-14-5-15-31-54/h1-10,12-26,28-42,44,46-47H,43,45H2. The second kappa shape index (κ2) is 17.3. The van der Waals surface area contributed by atoms with Crippen LogP contribution in [-0.4, -0.2) is 0 Å². The summed E-state index contributed by atoms with van der Waals surface area (Å²) in [5.41, 5.74) is 27.2. The lowest BCUT2D eigenvalue weighted by molar-refractivity contribution is 0.751. The van der Waals surface area contributed by atoms with Crippen LogP contribution >= 0.6 is 0 Å². The van der Waals surface area contributed by atoms with Gasteiger partial charge in [-0.25, -0.2) is 0 Å². The molecule has 10 aromatic carbocycles. The molecule has 0 heterocycles. The smallest absolute Gasteiger partial charge is 0.0710 e. The summed E-state index contributed by atoms with van der Waals surface area (Å²) in [6.07, 6.45) is 10.5. The van der Waals surface area contributed by atoms with E-state index in [1.165, 1.54) is 88.5 Å². The van der Waals surface area contributed by atoms with Crippen LogP contribution in [0.15, 0.2) is 284 Å². The summed E-state index contributed by atoms with van der Waals surface area (Å²) in [5, 5.41) is 4.81. The Balaban J connectivity index is 1.09. The highest BCUT2D eigenvalue weighted by atomic mass is 15.2. The van der Waals surface area contributed by atoms with Crippen molar-refractivity contribution >= 4 is 44.1 Å². The van der Waals surface area contributed by atoms with Crippen molar-refractivity contribution in [2.24, 2.45) is 0 Å². The van der Waals surface area contributed by atoms with Crippen LogP contribution in [0.4, 0.5) is 11.4 Å². The molecule has 0 fully saturated rings. The molecular formula is C69H47N. The van der Waals surface area contributed by atoms with Gasteiger partial charge in [0.15, 0.2) is 0 Å². The summed E-state index contributed by atoms with van der Waals surface area (Å²) in [7, 11) is 0. The van der Waals surface area contributed by atoms with Crippen molar-refractivity contribution in [1.29, 1.82) is 0 Å². The van der Waals surface area contributed by atoms with Gasteiger partial charge in [0.05, 0.1) is 11.1 Å². The molecule has 10 aromatic rings. The highest BCUT2D eigenvalue weighted by Crippen LogP contribution is 2.59. The molecule has 1 heteroatoms. The molecule has 0 saturated carbocycles. The highest BCUT2D eigenvalue weighted by Gasteiger charge is 2.48. The molecule has 13 rings (SSSR count). The van der Waals surface area contributed by atoms with E-state index in [2.05, 4.69) is 271 Å². The van der Waals surface area contributed by atoms with E-state index < -0.39 is 5.41 Å². The van der Waals surface area contributed by atoms with Crippen molar-refractivity contribution in [2.45, 2.75) is 18.3 Å². The van der Waals surface area contributed by atoms with Gasteiger partial charge in [0, 0.05) is 27.9 Å². The average molecular weight is 890 g/mol. The largest absolute Gasteiger partial charge is 0.313 e. The molecule has 0 amide bonds. The van der Waals surface area contributed by atoms with Gasteiger partial charge in [0.1, 0.15) is 0 Å². The number of allylic oxidation sites excluding steroid dienone is 8. The van der Waals surface area contributed by atoms with Gasteiger partial charge in [0.2, 0.25) is 0 Å². The van der Waals surface area contributed by atoms with E-state index >= 15 is 0 Å². The molecule has 3 aliphatic rings. The predicted molar refractivity (Wildman–Crippen MR) is 294 cm³/mol. The number of anilines is 2. The van der Waals surface area contributed by atoms with E-state index in [9.17, 15) is 0 Å². The summed E-state index contributed by atoms with van der Waals surface area (Å²) in [6, 6.07) is 87.1. The van der Waals surface area contributed by atoms with E-state index in [0.29, 0.717) is 0 Å². The van der Waals surface area contributed by atoms with Crippen molar-refractivity contribution in [3.63, 3.8) is 0 Å². The number of fused-ring (bicyclic) bond motifs is 5. The fourth-order valence-electron chi connectivity index (χ4n) is 11.7. The minimum atomic E-state index is -0.524. The Bertz CT molecular complexity index is 3820. The Morgan fingerprint density at radius 1 is 0.429 bits per heavy atom. The molecule has 0 N–H and O–H groups in total. The average Bonchev–Trinajstić information content (AvgIpc) is 3.75. The molecule has 1 nitrogen and oxygen atoms in total. The van der Waals surface area contributed by atoms with Crippen molar-refractivity contribution < 1.29 is 0 Å². The van der Waals surface area contributed by atoms with Crippen LogP contribution in [0.3, 0.4) is 0 Å². The number of hydrogen-bond acceptors (Lipinski definition) is 1. The molecule has 0 spiro atoms. The number of rotatable bonds is 9. The number of benzene rings is 10. The first-order valence-electron chi connectivity index (χ1n) is 24.4. The van der Waals surface area contributed by atoms with Crippen LogP contribution in [0.25, 0.3) is 66.1 Å². The first-order chi connectivity index (χ1) is 34.8. The molecule has 0 unspecified atom stereocenters. The molecule has 3 aliphatic carbocycles. The van der Waals surface area contributed by atoms with Crippen LogP contribution in [0.2, 0.25) is 0 Å². The molecule has 0 radical (unpaired) electrons. The fourth-order valence-corrected chi connectivity index (χ4v) is 11.7. The first-order valence-corrected chi connectivity index (χ1v) is 24.4. The maximum atomic E-state index is 3.59. The van der Waals surface area contributed by atoms with E-state index in [-0.39, 0.29) is 0 Å². The van der Waals surface area contributed by atoms with Crippen molar-refractivity contribution in [3.8, 4) is 33.4 Å². The Hall–Kier alpha value is -8.96. The van der Waals surface area contributed by atoms with Crippen LogP contribution < -0.4 is 4.90 Å². The van der Waals surface area contributed by atoms with E-state index in [1.807, 2.05) is 6.08 Å². The van der Waals surface area contributed by atoms with Crippen LogP contribution in [0.1, 0.15) is 40.7 Å². The zero-order chi connectivity index (χ0) is 46.4. The molecular weight excluding hydrogens is 843 g/mol. The molecule has 0 aliphatic heterocycles. The molecule has 328 valence electrons. The topological polar surface area (TPSA) is 3.24 Å². The van der Waals surface area contributed by atoms with Gasteiger partial charge >= 0.3 is 0 Å². The van der Waals surface area contributed by atoms with Gasteiger partial charge in [-0.2, -0.15) is 0 Å². The van der Waals surface area contributed by atoms with E-state index in [4.69, 9.17) is 0 Å². The monoisotopic (exact) mass is 889 g/mol. The second-order valence-corrected chi connectivity index (χ2v) is 18.5. The number of nitrogens with zero attached hydrogens (tertiary/aromatic N) is 1. The van der Waals surface area contributed by atoms with Gasteiger partial charge in [-0.1, -0.05) is 236 Å². The second-order valence-electron chi connectivity index (χ2n) is 18.5. The van der Waals surface area contributed by atoms with E-state index in [1.54, 1.807) is 0 Å². The zero-order valence-electron chi connectivity index (χ0n) is 38.7. The van der Waals surface area contributed by atoms with Crippen molar-refractivity contribution in [1.82, 2.24) is 0 Å². The Kier molecular flexibility index (Phi) is 10.2. The Morgan fingerprint density at radius 2 is 0.986 bits per heavy atom. The van der Waals surface area contributed by atoms with Crippen LogP contribution in [0.5, 0.6) is 0 Å². The minimum absolute atomic E-state index is 0.524. The SMILES string of the molecule is C1=C=C(c2c(N(C3=CC4=C(CC3)c3ccccc3C4(c3ccccc3)c3ccccc3)c3ccc(-c4cc(-c5ccccc5)ccc4-c4ccccc4)cc3)c3ccccc3c3ccccc23)C=CC=1. The summed E-state index contributed by atoms with van der Waals surface area (Å²) < 4.78 is 0. The fraction of sp³-hybridized carbons (Fsp3) is 0.0435. The third kappa shape index (κ3) is 6.72. The predicted octanol–water partition coefficient (Wildman–Crippen LogP) is 17.9. The van der Waals surface area contributed by atoms with Gasteiger partial charge in [-0.05, 0) is 132 Å². The molecule has 70 heavy (non-hydrogen) atoms. The Morgan fingerprint density at radius 3 is 1.66 bits per heavy atom. The molecule has 0 bridgehead atoms. The molecule has 0 aromatic heterocycles. The summed E-state index contributed by atoms with van der Waals surface area (Å²) >= 11 is 0. The highest BCUT2D eigenvalue weighted by molar-refractivity contribution is 6.20. The summed E-state index contributed by atoms with van der Waals surface area (Å²) in [6.45, 7) is 0. The van der Waals surface area contributed by atoms with E-state index in [0.717, 1.165) is 40.9 Å². The Labute approximate surface area is 410 Å². The normalized spacial score (nSPS) is 14.3. The van der Waals surface area contributed by atoms with Gasteiger partial charge in [0.25, 0.3) is 0 Å². The molecule has 0 atom stereocenters. The maximum Gasteiger partial charge on any atom is 0.0710 e. The lowest BCUT2D eigenvalue weighted by Crippen LogP contribution is -2.30. The van der Waals surface area contributed by atoms with Crippen LogP contribution in [-0.2, 0) is 5.41 Å². The lowest BCUT2D eigenvalue weighted by Gasteiger charge is -2.38. The minimum Gasteiger partial charge on any atom is -0.313 e. The van der Waals surface area contributed by atoms with Crippen LogP contribution in [0, 0.1) is 0 Å². The van der Waals surface area contributed by atoms with Gasteiger partial charge < -0.3 is 4.90 Å². The third-order valence-corrected chi connectivity index (χ3v) is 14.7. The summed E-state index contributed by atoms with van der Waals surface area (Å²) in [5.74, 6) is 0. The van der Waals surface area contributed by atoms with Crippen molar-refractivity contribution in [2.75, 3.05) is 4.90 Å². The zero-order valence-corrected chi connectivity index (χ0v) is 38.7. The summed E-state index contributed by atoms with van der Waals surface area (Å²) in [4.78, 5) is 2.60. The lowest BCUT2D eigenvalue weighted by atomic mass is 9.66. The number of hydrogen-bond donors (Lipinski definition) is 0. The quantitative estimate of drug-likeness (QED) is 0.103. The molecule has 0 saturated heterocycles. The first kappa shape index (κ1) is 41.2. The van der Waals surface area contributed by atoms with Gasteiger partial charge in [-0.3, -0.25) is 0 Å². The van der Waals surface area contributed by atoms with Gasteiger partial charge in [-0.15, -0.1) is 0 Å². The van der Waals surface area contributed by atoms with Crippen molar-refractivity contribution in [3.05, 3.63) is 311 Å².